The van der Waals surface area contributed by atoms with E-state index < -0.39 is 17.6 Å². The van der Waals surface area contributed by atoms with E-state index in [0.29, 0.717) is 15.0 Å². The highest BCUT2D eigenvalue weighted by molar-refractivity contribution is 8.01. The Kier molecular flexibility index (Phi) is 6.96. The maximum atomic E-state index is 12.6. The Morgan fingerprint density at radius 1 is 1.00 bits per heavy atom. The van der Waals surface area contributed by atoms with Crippen LogP contribution in [0.1, 0.15) is 27.0 Å². The first-order valence-electron chi connectivity index (χ1n) is 8.93. The number of carbonyl (C=O) groups is 2. The van der Waals surface area contributed by atoms with E-state index in [1.165, 1.54) is 12.1 Å². The molecule has 2 amide bonds. The smallest absolute Gasteiger partial charge is 0.325 e. The summed E-state index contributed by atoms with van der Waals surface area (Å²) < 4.78 is 38.2. The Hall–Kier alpha value is -2.92. The van der Waals surface area contributed by atoms with Gasteiger partial charge in [0.05, 0.1) is 11.3 Å². The molecule has 1 aromatic heterocycles. The molecule has 3 rings (SSSR count). The number of carbonyl (C=O) groups excluding carboxylic acids is 2. The zero-order valence-corrected chi connectivity index (χ0v) is 18.0. The van der Waals surface area contributed by atoms with E-state index >= 15 is 0 Å². The summed E-state index contributed by atoms with van der Waals surface area (Å²) in [5, 5.41) is 13.3. The van der Waals surface area contributed by atoms with Gasteiger partial charge in [0.2, 0.25) is 11.0 Å². The van der Waals surface area contributed by atoms with Gasteiger partial charge in [-0.2, -0.15) is 13.2 Å². The highest BCUT2D eigenvalue weighted by Crippen LogP contribution is 2.30. The number of aromatic nitrogens is 2. The predicted molar refractivity (Wildman–Crippen MR) is 115 cm³/mol. The molecule has 0 aliphatic rings. The van der Waals surface area contributed by atoms with Crippen LogP contribution in [0, 0.1) is 13.8 Å². The SMILES string of the molecule is Cc1cc(C)cc(C(=O)Nc2nnc(SCC(=O)Nc3ccc(C(F)(F)F)cc3)s2)c1. The Balaban J connectivity index is 1.51. The van der Waals surface area contributed by atoms with Gasteiger partial charge in [-0.05, 0) is 50.2 Å². The van der Waals surface area contributed by atoms with Gasteiger partial charge >= 0.3 is 6.18 Å². The Morgan fingerprint density at radius 3 is 2.26 bits per heavy atom. The van der Waals surface area contributed by atoms with Gasteiger partial charge in [0.1, 0.15) is 0 Å². The minimum atomic E-state index is -4.43. The topological polar surface area (TPSA) is 84.0 Å². The van der Waals surface area contributed by atoms with Crippen LogP contribution in [0.25, 0.3) is 0 Å². The molecule has 0 saturated carbocycles. The lowest BCUT2D eigenvalue weighted by molar-refractivity contribution is -0.137. The molecule has 0 fully saturated rings. The van der Waals surface area contributed by atoms with Crippen molar-refractivity contribution in [3.8, 4) is 0 Å². The van der Waals surface area contributed by atoms with Crippen LogP contribution < -0.4 is 10.6 Å². The van der Waals surface area contributed by atoms with Gasteiger partial charge in [0.15, 0.2) is 4.34 Å². The van der Waals surface area contributed by atoms with Crippen LogP contribution in [0.4, 0.5) is 24.0 Å². The number of thioether (sulfide) groups is 1. The van der Waals surface area contributed by atoms with Gasteiger partial charge in [-0.25, -0.2) is 0 Å². The van der Waals surface area contributed by atoms with Crippen LogP contribution in [0.2, 0.25) is 0 Å². The minimum Gasteiger partial charge on any atom is -0.325 e. The van der Waals surface area contributed by atoms with Gasteiger partial charge in [-0.3, -0.25) is 14.9 Å². The summed E-state index contributed by atoms with van der Waals surface area (Å²) in [6.07, 6.45) is -4.43. The van der Waals surface area contributed by atoms with Crippen LogP contribution >= 0.6 is 23.1 Å². The summed E-state index contributed by atoms with van der Waals surface area (Å²) in [6, 6.07) is 9.69. The average Bonchev–Trinajstić information content (AvgIpc) is 3.12. The number of aryl methyl sites for hydroxylation is 2. The highest BCUT2D eigenvalue weighted by atomic mass is 32.2. The number of amides is 2. The molecule has 1 heterocycles. The van der Waals surface area contributed by atoms with Crippen LogP contribution in [0.15, 0.2) is 46.8 Å². The van der Waals surface area contributed by atoms with E-state index in [1.54, 1.807) is 12.1 Å². The van der Waals surface area contributed by atoms with Gasteiger partial charge in [0.25, 0.3) is 5.91 Å². The van der Waals surface area contributed by atoms with E-state index in [9.17, 15) is 22.8 Å². The third kappa shape index (κ3) is 6.53. The molecule has 162 valence electrons. The number of nitrogens with one attached hydrogen (secondary N) is 2. The first-order chi connectivity index (χ1) is 14.6. The summed E-state index contributed by atoms with van der Waals surface area (Å²) >= 11 is 2.23. The fourth-order valence-electron chi connectivity index (χ4n) is 2.66. The number of anilines is 2. The highest BCUT2D eigenvalue weighted by Gasteiger charge is 2.30. The number of alkyl halides is 3. The number of nitrogens with zero attached hydrogens (tertiary/aromatic N) is 2. The molecule has 0 radical (unpaired) electrons. The second kappa shape index (κ2) is 9.48. The van der Waals surface area contributed by atoms with E-state index in [0.717, 1.165) is 46.4 Å². The van der Waals surface area contributed by atoms with Gasteiger partial charge in [0, 0.05) is 11.3 Å². The molecule has 0 saturated heterocycles. The van der Waals surface area contributed by atoms with Crippen molar-refractivity contribution < 1.29 is 22.8 Å². The monoisotopic (exact) mass is 466 g/mol. The minimum absolute atomic E-state index is 0.0132. The molecule has 31 heavy (non-hydrogen) atoms. The number of halogens is 3. The van der Waals surface area contributed by atoms with Crippen molar-refractivity contribution in [3.05, 3.63) is 64.7 Å². The fraction of sp³-hybridized carbons (Fsp3) is 0.200. The molecule has 0 bridgehead atoms. The molecule has 6 nitrogen and oxygen atoms in total. The molecule has 3 aromatic rings. The van der Waals surface area contributed by atoms with E-state index in [4.69, 9.17) is 0 Å². The van der Waals surface area contributed by atoms with Crippen molar-refractivity contribution in [2.45, 2.75) is 24.4 Å². The van der Waals surface area contributed by atoms with Gasteiger partial charge in [-0.15, -0.1) is 10.2 Å². The normalized spacial score (nSPS) is 11.3. The first kappa shape index (κ1) is 22.8. The molecular weight excluding hydrogens is 449 g/mol. The summed E-state index contributed by atoms with van der Waals surface area (Å²) in [7, 11) is 0. The lowest BCUT2D eigenvalue weighted by Crippen LogP contribution is -2.14. The summed E-state index contributed by atoms with van der Waals surface area (Å²) in [6.45, 7) is 3.80. The first-order valence-corrected chi connectivity index (χ1v) is 10.7. The lowest BCUT2D eigenvalue weighted by Gasteiger charge is -2.08. The molecule has 0 atom stereocenters. The Morgan fingerprint density at radius 2 is 1.65 bits per heavy atom. The second-order valence-electron chi connectivity index (χ2n) is 6.62. The maximum absolute atomic E-state index is 12.6. The van der Waals surface area contributed by atoms with Crippen LogP contribution in [0.3, 0.4) is 0 Å². The molecule has 0 aliphatic carbocycles. The standard InChI is InChI=1S/C20H17F3N4O2S2/c1-11-7-12(2)9-13(8-11)17(29)25-18-26-27-19(31-18)30-10-16(28)24-15-5-3-14(4-6-15)20(21,22)23/h3-9H,10H2,1-2H3,(H,24,28)(H,25,26,29). The average molecular weight is 467 g/mol. The zero-order valence-electron chi connectivity index (χ0n) is 16.4. The summed E-state index contributed by atoms with van der Waals surface area (Å²) in [5.41, 5.74) is 1.93. The molecule has 0 aliphatic heterocycles. The van der Waals surface area contributed by atoms with Crippen molar-refractivity contribution in [3.63, 3.8) is 0 Å². The van der Waals surface area contributed by atoms with Crippen molar-refractivity contribution in [1.29, 1.82) is 0 Å². The van der Waals surface area contributed by atoms with Crippen molar-refractivity contribution in [2.75, 3.05) is 16.4 Å². The van der Waals surface area contributed by atoms with Crippen LogP contribution in [-0.2, 0) is 11.0 Å². The largest absolute Gasteiger partial charge is 0.416 e. The Labute approximate surface area is 184 Å². The number of hydrogen-bond acceptors (Lipinski definition) is 6. The van der Waals surface area contributed by atoms with Crippen molar-refractivity contribution in [1.82, 2.24) is 10.2 Å². The van der Waals surface area contributed by atoms with E-state index in [-0.39, 0.29) is 17.3 Å². The third-order valence-corrected chi connectivity index (χ3v) is 5.91. The zero-order chi connectivity index (χ0) is 22.6. The van der Waals surface area contributed by atoms with E-state index in [1.807, 2.05) is 19.9 Å². The molecule has 2 aromatic carbocycles. The molecule has 11 heteroatoms. The second-order valence-corrected chi connectivity index (χ2v) is 8.82. The van der Waals surface area contributed by atoms with E-state index in [2.05, 4.69) is 20.8 Å². The molecular formula is C20H17F3N4O2S2. The third-order valence-electron chi connectivity index (χ3n) is 3.93. The molecule has 0 unspecified atom stereocenters. The Bertz CT molecular complexity index is 1080. The number of benzene rings is 2. The van der Waals surface area contributed by atoms with Crippen molar-refractivity contribution in [2.24, 2.45) is 0 Å². The van der Waals surface area contributed by atoms with Gasteiger partial charge < -0.3 is 5.32 Å². The number of hydrogen-bond donors (Lipinski definition) is 2. The lowest BCUT2D eigenvalue weighted by atomic mass is 10.1. The quantitative estimate of drug-likeness (QED) is 0.387. The van der Waals surface area contributed by atoms with Crippen LogP contribution in [-0.4, -0.2) is 27.8 Å². The fourth-order valence-corrected chi connectivity index (χ4v) is 4.21. The van der Waals surface area contributed by atoms with Gasteiger partial charge in [-0.1, -0.05) is 40.3 Å². The van der Waals surface area contributed by atoms with Crippen LogP contribution in [0.5, 0.6) is 0 Å². The molecule has 0 spiro atoms. The summed E-state index contributed by atoms with van der Waals surface area (Å²) in [4.78, 5) is 24.4. The number of rotatable bonds is 6. The maximum Gasteiger partial charge on any atom is 0.416 e. The predicted octanol–water partition coefficient (Wildman–Crippen LogP) is 5.16. The molecule has 2 N–H and O–H groups in total. The summed E-state index contributed by atoms with van der Waals surface area (Å²) in [5.74, 6) is -0.721. The van der Waals surface area contributed by atoms with Crippen molar-refractivity contribution >= 4 is 45.7 Å².